The maximum atomic E-state index is 13.7. The number of morpholine rings is 1. The zero-order chi connectivity index (χ0) is 15.5. The van der Waals surface area contributed by atoms with E-state index in [9.17, 15) is 9.50 Å². The Hall–Kier alpha value is -1.83. The van der Waals surface area contributed by atoms with Crippen LogP contribution < -0.4 is 0 Å². The minimum Gasteiger partial charge on any atom is -0.387 e. The Kier molecular flexibility index (Phi) is 4.47. The highest BCUT2D eigenvalue weighted by Crippen LogP contribution is 2.23. The first-order valence-electron chi connectivity index (χ1n) is 7.29. The number of β-amino-alcohol motifs (C(OH)–C–C–N with tert-alkyl or cyclic N) is 1. The van der Waals surface area contributed by atoms with Gasteiger partial charge >= 0.3 is 0 Å². The molecule has 2 N–H and O–H groups in total. The van der Waals surface area contributed by atoms with Gasteiger partial charge in [-0.05, 0) is 13.0 Å². The van der Waals surface area contributed by atoms with E-state index in [-0.39, 0.29) is 11.9 Å². The van der Waals surface area contributed by atoms with Gasteiger partial charge in [-0.3, -0.25) is 10.00 Å². The van der Waals surface area contributed by atoms with Gasteiger partial charge in [0.05, 0.1) is 12.7 Å². The normalized spacial score (nSPS) is 21.0. The van der Waals surface area contributed by atoms with E-state index in [1.165, 1.54) is 6.07 Å². The Morgan fingerprint density at radius 2 is 2.32 bits per heavy atom. The fraction of sp³-hybridized carbons (Fsp3) is 0.467. The smallest absolute Gasteiger partial charge is 0.180 e. The fourth-order valence-corrected chi connectivity index (χ4v) is 2.62. The number of aliphatic hydroxyl groups excluding tert-OH is 1. The first-order chi connectivity index (χ1) is 10.6. The molecule has 0 aliphatic carbocycles. The van der Waals surface area contributed by atoms with E-state index in [1.54, 1.807) is 18.2 Å². The molecule has 1 saturated heterocycles. The van der Waals surface area contributed by atoms with Crippen molar-refractivity contribution in [2.75, 3.05) is 26.2 Å². The lowest BCUT2D eigenvalue weighted by Gasteiger charge is -2.32. The number of aryl methyl sites for hydroxylation is 1. The minimum absolute atomic E-state index is 0.230. The van der Waals surface area contributed by atoms with Crippen LogP contribution in [0.15, 0.2) is 24.3 Å². The highest BCUT2D eigenvalue weighted by Gasteiger charge is 2.27. The zero-order valence-corrected chi connectivity index (χ0v) is 12.4. The molecular formula is C15H19FN4O2. The van der Waals surface area contributed by atoms with Crippen molar-refractivity contribution in [2.24, 2.45) is 0 Å². The first kappa shape index (κ1) is 15.1. The van der Waals surface area contributed by atoms with E-state index in [2.05, 4.69) is 15.2 Å². The van der Waals surface area contributed by atoms with Gasteiger partial charge in [0, 0.05) is 25.2 Å². The summed E-state index contributed by atoms with van der Waals surface area (Å²) in [7, 11) is 0. The van der Waals surface area contributed by atoms with Gasteiger partial charge in [0.25, 0.3) is 0 Å². The van der Waals surface area contributed by atoms with Crippen molar-refractivity contribution in [1.29, 1.82) is 0 Å². The lowest BCUT2D eigenvalue weighted by molar-refractivity contribution is -0.0463. The van der Waals surface area contributed by atoms with Gasteiger partial charge in [0.15, 0.2) is 5.82 Å². The highest BCUT2D eigenvalue weighted by molar-refractivity contribution is 5.20. The Balaban J connectivity index is 1.64. The molecule has 0 unspecified atom stereocenters. The molecule has 1 fully saturated rings. The first-order valence-corrected chi connectivity index (χ1v) is 7.29. The lowest BCUT2D eigenvalue weighted by atomic mass is 10.1. The third-order valence-corrected chi connectivity index (χ3v) is 3.75. The van der Waals surface area contributed by atoms with Crippen molar-refractivity contribution >= 4 is 0 Å². The molecule has 6 nitrogen and oxygen atoms in total. The van der Waals surface area contributed by atoms with Gasteiger partial charge in [0.2, 0.25) is 0 Å². The minimum atomic E-state index is -0.867. The summed E-state index contributed by atoms with van der Waals surface area (Å²) in [4.78, 5) is 6.32. The molecule has 1 aliphatic heterocycles. The summed E-state index contributed by atoms with van der Waals surface area (Å²) in [6.07, 6.45) is -1.10. The second kappa shape index (κ2) is 6.51. The number of H-pyrrole nitrogens is 1. The van der Waals surface area contributed by atoms with Gasteiger partial charge < -0.3 is 9.84 Å². The van der Waals surface area contributed by atoms with Crippen LogP contribution in [0.5, 0.6) is 0 Å². The van der Waals surface area contributed by atoms with Crippen LogP contribution in [-0.4, -0.2) is 51.4 Å². The van der Waals surface area contributed by atoms with Crippen LogP contribution in [0.2, 0.25) is 0 Å². The molecule has 2 aromatic rings. The lowest BCUT2D eigenvalue weighted by Crippen LogP contribution is -2.41. The number of nitrogens with zero attached hydrogens (tertiary/aromatic N) is 3. The molecule has 2 atom stereocenters. The zero-order valence-electron chi connectivity index (χ0n) is 12.4. The number of benzene rings is 1. The summed E-state index contributed by atoms with van der Waals surface area (Å²) < 4.78 is 19.4. The monoisotopic (exact) mass is 306 g/mol. The van der Waals surface area contributed by atoms with Gasteiger partial charge in [-0.15, -0.1) is 0 Å². The van der Waals surface area contributed by atoms with Crippen LogP contribution in [0.1, 0.15) is 29.4 Å². The maximum Gasteiger partial charge on any atom is 0.180 e. The third kappa shape index (κ3) is 3.32. The fourth-order valence-electron chi connectivity index (χ4n) is 2.62. The molecule has 22 heavy (non-hydrogen) atoms. The molecule has 1 aromatic heterocycles. The van der Waals surface area contributed by atoms with E-state index in [0.717, 1.165) is 5.82 Å². The Labute approximate surface area is 127 Å². The number of aliphatic hydroxyl groups is 1. The molecule has 0 amide bonds. The molecule has 1 aromatic carbocycles. The molecule has 118 valence electrons. The Morgan fingerprint density at radius 1 is 1.50 bits per heavy atom. The average molecular weight is 306 g/mol. The van der Waals surface area contributed by atoms with Gasteiger partial charge in [0.1, 0.15) is 17.7 Å². The third-order valence-electron chi connectivity index (χ3n) is 3.75. The van der Waals surface area contributed by atoms with E-state index in [0.29, 0.717) is 37.6 Å². The number of aromatic nitrogens is 3. The quantitative estimate of drug-likeness (QED) is 0.892. The molecule has 0 saturated carbocycles. The van der Waals surface area contributed by atoms with Crippen LogP contribution >= 0.6 is 0 Å². The molecule has 0 spiro atoms. The predicted octanol–water partition coefficient (Wildman–Crippen LogP) is 1.36. The van der Waals surface area contributed by atoms with Crippen molar-refractivity contribution in [3.05, 3.63) is 47.3 Å². The van der Waals surface area contributed by atoms with Gasteiger partial charge in [-0.25, -0.2) is 9.37 Å². The van der Waals surface area contributed by atoms with E-state index in [1.807, 2.05) is 11.8 Å². The second-order valence-electron chi connectivity index (χ2n) is 5.44. The van der Waals surface area contributed by atoms with E-state index in [4.69, 9.17) is 4.74 Å². The molecule has 0 radical (unpaired) electrons. The molecular weight excluding hydrogens is 287 g/mol. The molecule has 7 heteroatoms. The highest BCUT2D eigenvalue weighted by atomic mass is 19.1. The number of hydrogen-bond donors (Lipinski definition) is 2. The molecule has 2 heterocycles. The topological polar surface area (TPSA) is 74.3 Å². The van der Waals surface area contributed by atoms with Crippen molar-refractivity contribution in [3.8, 4) is 0 Å². The van der Waals surface area contributed by atoms with Crippen molar-refractivity contribution in [1.82, 2.24) is 20.1 Å². The van der Waals surface area contributed by atoms with Gasteiger partial charge in [-0.2, -0.15) is 5.10 Å². The number of hydrogen-bond acceptors (Lipinski definition) is 5. The summed E-state index contributed by atoms with van der Waals surface area (Å²) in [6, 6.07) is 6.30. The second-order valence-corrected chi connectivity index (χ2v) is 5.44. The largest absolute Gasteiger partial charge is 0.387 e. The Morgan fingerprint density at radius 3 is 3.05 bits per heavy atom. The van der Waals surface area contributed by atoms with Crippen molar-refractivity contribution in [3.63, 3.8) is 0 Å². The van der Waals surface area contributed by atoms with Gasteiger partial charge in [-0.1, -0.05) is 18.2 Å². The molecule has 3 rings (SSSR count). The Bertz CT molecular complexity index is 634. The summed E-state index contributed by atoms with van der Waals surface area (Å²) >= 11 is 0. The number of rotatable bonds is 4. The molecule has 1 aliphatic rings. The maximum absolute atomic E-state index is 13.7. The summed E-state index contributed by atoms with van der Waals surface area (Å²) in [5, 5.41) is 17.2. The molecule has 0 bridgehead atoms. The SMILES string of the molecule is Cc1nc([C@@H]2CN(C[C@H](O)c3ccccc3F)CCO2)n[nH]1. The van der Waals surface area contributed by atoms with E-state index < -0.39 is 6.10 Å². The number of ether oxygens (including phenoxy) is 1. The standard InChI is InChI=1S/C15H19FN4O2/c1-10-17-15(19-18-10)14-9-20(6-7-22-14)8-13(21)11-4-2-3-5-12(11)16/h2-5,13-14,21H,6-9H2,1H3,(H,17,18,19)/t13-,14-/m0/s1. The van der Waals surface area contributed by atoms with Crippen LogP contribution in [-0.2, 0) is 4.74 Å². The van der Waals surface area contributed by atoms with Crippen LogP contribution in [0.3, 0.4) is 0 Å². The van der Waals surface area contributed by atoms with Crippen LogP contribution in [0, 0.1) is 12.7 Å². The van der Waals surface area contributed by atoms with E-state index >= 15 is 0 Å². The predicted molar refractivity (Wildman–Crippen MR) is 77.6 cm³/mol. The summed E-state index contributed by atoms with van der Waals surface area (Å²) in [5.74, 6) is 0.967. The van der Waals surface area contributed by atoms with Crippen LogP contribution in [0.4, 0.5) is 4.39 Å². The summed E-state index contributed by atoms with van der Waals surface area (Å²) in [5.41, 5.74) is 0.319. The van der Waals surface area contributed by atoms with Crippen LogP contribution in [0.25, 0.3) is 0 Å². The number of halogens is 1. The average Bonchev–Trinajstić information content (AvgIpc) is 2.94. The van der Waals surface area contributed by atoms with Crippen molar-refractivity contribution in [2.45, 2.75) is 19.1 Å². The number of nitrogens with one attached hydrogen (secondary N) is 1. The number of aromatic amines is 1. The summed E-state index contributed by atoms with van der Waals surface area (Å²) in [6.45, 7) is 3.97. The van der Waals surface area contributed by atoms with Crippen molar-refractivity contribution < 1.29 is 14.2 Å².